The molecule has 0 atom stereocenters. The fraction of sp³-hybridized carbons (Fsp3) is 0.545. The normalized spacial score (nSPS) is 34.5. The number of hydrogen-bond donors (Lipinski definition) is 0. The topological polar surface area (TPSA) is 43.6 Å². The van der Waals surface area contributed by atoms with Gasteiger partial charge in [-0.3, -0.25) is 0 Å². The van der Waals surface area contributed by atoms with Gasteiger partial charge in [0.25, 0.3) is 0 Å². The van der Waals surface area contributed by atoms with Gasteiger partial charge >= 0.3 is 0 Å². The van der Waals surface area contributed by atoms with Gasteiger partial charge in [0.2, 0.25) is 0 Å². The van der Waals surface area contributed by atoms with Crippen molar-refractivity contribution < 1.29 is 4.39 Å². The van der Waals surface area contributed by atoms with Crippen LogP contribution in [0.2, 0.25) is 5.15 Å². The van der Waals surface area contributed by atoms with E-state index in [9.17, 15) is 4.39 Å². The van der Waals surface area contributed by atoms with Gasteiger partial charge in [-0.25, -0.2) is 19.0 Å². The van der Waals surface area contributed by atoms with Crippen molar-refractivity contribution >= 4 is 22.8 Å². The molecule has 2 aromatic heterocycles. The van der Waals surface area contributed by atoms with E-state index in [-0.39, 0.29) is 5.41 Å². The van der Waals surface area contributed by atoms with Crippen molar-refractivity contribution in [2.24, 2.45) is 5.41 Å². The molecule has 6 heteroatoms. The quantitative estimate of drug-likeness (QED) is 0.824. The zero-order valence-electron chi connectivity index (χ0n) is 9.03. The Hall–Kier alpha value is -1.23. The van der Waals surface area contributed by atoms with E-state index in [1.807, 2.05) is 0 Å². The Labute approximate surface area is 102 Å². The van der Waals surface area contributed by atoms with Crippen molar-refractivity contribution in [3.05, 3.63) is 17.5 Å². The largest absolute Gasteiger partial charge is 0.248 e. The van der Waals surface area contributed by atoms with Gasteiger partial charge in [-0.05, 0) is 24.7 Å². The van der Waals surface area contributed by atoms with Crippen LogP contribution in [0.25, 0.3) is 11.2 Å². The molecular formula is C11H10ClFN4. The lowest BCUT2D eigenvalue weighted by molar-refractivity contribution is -0.220. The predicted molar refractivity (Wildman–Crippen MR) is 60.5 cm³/mol. The highest BCUT2D eigenvalue weighted by Gasteiger charge is 2.69. The van der Waals surface area contributed by atoms with Crippen LogP contribution in [-0.2, 0) is 6.54 Å². The number of aromatic nitrogens is 4. The van der Waals surface area contributed by atoms with Crippen LogP contribution in [0.5, 0.6) is 0 Å². The highest BCUT2D eigenvalue weighted by atomic mass is 35.5. The summed E-state index contributed by atoms with van der Waals surface area (Å²) < 4.78 is 15.2. The Morgan fingerprint density at radius 2 is 2.12 bits per heavy atom. The fourth-order valence-electron chi connectivity index (χ4n) is 3.29. The Kier molecular flexibility index (Phi) is 1.59. The summed E-state index contributed by atoms with van der Waals surface area (Å²) in [7, 11) is 0. The monoisotopic (exact) mass is 252 g/mol. The van der Waals surface area contributed by atoms with Crippen molar-refractivity contribution in [2.45, 2.75) is 31.5 Å². The third-order valence-electron chi connectivity index (χ3n) is 3.88. The maximum atomic E-state index is 13.4. The minimum atomic E-state index is -0.869. The molecular weight excluding hydrogens is 243 g/mol. The molecule has 5 rings (SSSR count). The summed E-state index contributed by atoms with van der Waals surface area (Å²) in [6.07, 6.45) is 5.17. The molecule has 3 aliphatic rings. The van der Waals surface area contributed by atoms with Gasteiger partial charge in [0.15, 0.2) is 5.65 Å². The second kappa shape index (κ2) is 2.77. The number of fused-ring (bicyclic) bond motifs is 1. The first kappa shape index (κ1) is 9.76. The maximum Gasteiger partial charge on any atom is 0.178 e. The van der Waals surface area contributed by atoms with E-state index in [1.54, 1.807) is 10.9 Å². The molecule has 0 amide bonds. The number of alkyl halides is 1. The number of nitrogens with zero attached hydrogens (tertiary/aromatic N) is 4. The molecule has 2 heterocycles. The molecule has 0 saturated heterocycles. The van der Waals surface area contributed by atoms with Gasteiger partial charge in [-0.2, -0.15) is 5.10 Å². The molecule has 17 heavy (non-hydrogen) atoms. The van der Waals surface area contributed by atoms with Crippen LogP contribution in [0.3, 0.4) is 0 Å². The number of halogens is 2. The first-order chi connectivity index (χ1) is 8.08. The van der Waals surface area contributed by atoms with Crippen molar-refractivity contribution in [3.8, 4) is 0 Å². The summed E-state index contributed by atoms with van der Waals surface area (Å²) in [5, 5.41) is 4.62. The second-order valence-corrected chi connectivity index (χ2v) is 5.77. The van der Waals surface area contributed by atoms with Crippen LogP contribution < -0.4 is 0 Å². The molecule has 2 aromatic rings. The molecule has 3 aliphatic carbocycles. The van der Waals surface area contributed by atoms with Crippen molar-refractivity contribution in [1.82, 2.24) is 19.7 Å². The predicted octanol–water partition coefficient (Wildman–Crippen LogP) is 2.37. The molecule has 0 spiro atoms. The van der Waals surface area contributed by atoms with Crippen LogP contribution in [0.4, 0.5) is 4.39 Å². The van der Waals surface area contributed by atoms with Crippen molar-refractivity contribution in [1.29, 1.82) is 0 Å². The average molecular weight is 253 g/mol. The fourth-order valence-corrected chi connectivity index (χ4v) is 3.42. The molecule has 2 bridgehead atoms. The van der Waals surface area contributed by atoms with Gasteiger partial charge in [0.1, 0.15) is 16.3 Å². The van der Waals surface area contributed by atoms with Gasteiger partial charge in [0, 0.05) is 6.54 Å². The number of rotatable bonds is 2. The Bertz CT molecular complexity index is 603. The molecule has 88 valence electrons. The van der Waals surface area contributed by atoms with Crippen molar-refractivity contribution in [3.63, 3.8) is 0 Å². The lowest BCUT2D eigenvalue weighted by Gasteiger charge is -2.65. The zero-order chi connectivity index (χ0) is 11.7. The van der Waals surface area contributed by atoms with E-state index in [2.05, 4.69) is 15.1 Å². The van der Waals surface area contributed by atoms with Gasteiger partial charge in [-0.15, -0.1) is 0 Å². The van der Waals surface area contributed by atoms with Crippen LogP contribution in [0, 0.1) is 5.41 Å². The van der Waals surface area contributed by atoms with E-state index in [0.29, 0.717) is 30.1 Å². The van der Waals surface area contributed by atoms with Gasteiger partial charge in [0.05, 0.1) is 12.4 Å². The SMILES string of the molecule is FC12CC(Cn3ncc4ncc(Cl)nc43)(C1)C2. The van der Waals surface area contributed by atoms with Crippen LogP contribution in [0.1, 0.15) is 19.3 Å². The third-order valence-corrected chi connectivity index (χ3v) is 4.06. The summed E-state index contributed by atoms with van der Waals surface area (Å²) >= 11 is 5.82. The second-order valence-electron chi connectivity index (χ2n) is 5.39. The lowest BCUT2D eigenvalue weighted by Crippen LogP contribution is -2.65. The minimum Gasteiger partial charge on any atom is -0.248 e. The standard InChI is InChI=1S/C11H10ClFN4/c12-8-2-14-7-1-15-17(9(7)16-8)6-10-3-11(13,4-10)5-10/h1-2H,3-6H2. The lowest BCUT2D eigenvalue weighted by atomic mass is 9.42. The summed E-state index contributed by atoms with van der Waals surface area (Å²) in [5.41, 5.74) is 0.662. The van der Waals surface area contributed by atoms with Gasteiger partial charge in [-0.1, -0.05) is 11.6 Å². The Morgan fingerprint density at radius 1 is 1.35 bits per heavy atom. The summed E-state index contributed by atoms with van der Waals surface area (Å²) in [6, 6.07) is 0. The highest BCUT2D eigenvalue weighted by Crippen LogP contribution is 2.70. The molecule has 0 unspecified atom stereocenters. The highest BCUT2D eigenvalue weighted by molar-refractivity contribution is 6.29. The van der Waals surface area contributed by atoms with E-state index in [4.69, 9.17) is 11.6 Å². The smallest absolute Gasteiger partial charge is 0.178 e. The average Bonchev–Trinajstić information content (AvgIpc) is 2.57. The zero-order valence-corrected chi connectivity index (χ0v) is 9.78. The van der Waals surface area contributed by atoms with E-state index < -0.39 is 5.67 Å². The van der Waals surface area contributed by atoms with E-state index >= 15 is 0 Å². The first-order valence-corrected chi connectivity index (χ1v) is 5.99. The summed E-state index contributed by atoms with van der Waals surface area (Å²) in [6.45, 7) is 0.719. The molecule has 0 radical (unpaired) electrons. The summed E-state index contributed by atoms with van der Waals surface area (Å²) in [5.74, 6) is 0. The molecule has 3 fully saturated rings. The van der Waals surface area contributed by atoms with E-state index in [1.165, 1.54) is 6.20 Å². The van der Waals surface area contributed by atoms with Gasteiger partial charge < -0.3 is 0 Å². The third kappa shape index (κ3) is 1.26. The molecule has 0 aromatic carbocycles. The van der Waals surface area contributed by atoms with Crippen LogP contribution in [0.15, 0.2) is 12.4 Å². The van der Waals surface area contributed by atoms with Crippen LogP contribution >= 0.6 is 11.6 Å². The maximum absolute atomic E-state index is 13.4. The Balaban J connectivity index is 1.70. The minimum absolute atomic E-state index is 0.109. The van der Waals surface area contributed by atoms with E-state index in [0.717, 1.165) is 12.1 Å². The van der Waals surface area contributed by atoms with Crippen molar-refractivity contribution in [2.75, 3.05) is 0 Å². The van der Waals surface area contributed by atoms with Crippen LogP contribution in [-0.4, -0.2) is 25.4 Å². The molecule has 0 N–H and O–H groups in total. The Morgan fingerprint density at radius 3 is 2.82 bits per heavy atom. The summed E-state index contributed by atoms with van der Waals surface area (Å²) in [4.78, 5) is 8.37. The first-order valence-electron chi connectivity index (χ1n) is 5.61. The molecule has 4 nitrogen and oxygen atoms in total. The molecule has 0 aliphatic heterocycles. The number of hydrogen-bond acceptors (Lipinski definition) is 3. The molecule has 3 saturated carbocycles.